The number of carboxylic acid groups (broad SMARTS) is 1. The Hall–Kier alpha value is -1.90. The monoisotopic (exact) mass is 333 g/mol. The second kappa shape index (κ2) is 8.81. The summed E-state index contributed by atoms with van der Waals surface area (Å²) in [4.78, 5) is 23.3. The summed E-state index contributed by atoms with van der Waals surface area (Å²) in [5, 5.41) is 20.0. The predicted molar refractivity (Wildman–Crippen MR) is 90.3 cm³/mol. The topological polar surface area (TPSA) is 91.1 Å². The van der Waals surface area contributed by atoms with E-state index in [1.165, 1.54) is 19.3 Å². The van der Waals surface area contributed by atoms with Crippen LogP contribution in [0.2, 0.25) is 0 Å². The molecule has 1 aliphatic carbocycles. The minimum absolute atomic E-state index is 0.0147. The number of rotatable bonds is 10. The van der Waals surface area contributed by atoms with Crippen molar-refractivity contribution in [2.24, 2.45) is 16.1 Å². The first kappa shape index (κ1) is 18.4. The van der Waals surface area contributed by atoms with E-state index >= 15 is 0 Å². The highest BCUT2D eigenvalue weighted by atomic mass is 16.4. The molecule has 1 amide bonds. The highest BCUT2D eigenvalue weighted by molar-refractivity contribution is 5.77. The van der Waals surface area contributed by atoms with E-state index in [1.54, 1.807) is 0 Å². The Morgan fingerprint density at radius 3 is 2.54 bits per heavy atom. The van der Waals surface area contributed by atoms with Gasteiger partial charge in [0.25, 0.3) is 0 Å². The Morgan fingerprint density at radius 2 is 1.96 bits per heavy atom. The predicted octanol–water partition coefficient (Wildman–Crippen LogP) is 3.27. The third-order valence-electron chi connectivity index (χ3n) is 4.93. The highest BCUT2D eigenvalue weighted by Crippen LogP contribution is 2.37. The molecule has 1 heterocycles. The van der Waals surface area contributed by atoms with Crippen LogP contribution in [-0.2, 0) is 9.59 Å². The van der Waals surface area contributed by atoms with Crippen molar-refractivity contribution in [3.63, 3.8) is 0 Å². The number of terminal acetylenes is 1. The minimum Gasteiger partial charge on any atom is -0.481 e. The molecule has 1 aliphatic heterocycles. The average molecular weight is 333 g/mol. The quantitative estimate of drug-likeness (QED) is 0.601. The molecule has 2 N–H and O–H groups in total. The fourth-order valence-corrected chi connectivity index (χ4v) is 3.51. The van der Waals surface area contributed by atoms with Gasteiger partial charge in [-0.15, -0.1) is 12.3 Å². The molecule has 1 atom stereocenters. The third kappa shape index (κ3) is 6.31. The molecule has 0 unspecified atom stereocenters. The van der Waals surface area contributed by atoms with E-state index in [-0.39, 0.29) is 18.4 Å². The molecule has 6 heteroatoms. The Kier molecular flexibility index (Phi) is 6.77. The van der Waals surface area contributed by atoms with Crippen LogP contribution in [0.25, 0.3) is 0 Å². The number of carboxylic acids is 1. The SMILES string of the molecule is C#CCCC1(CCC(=O)N[C@H](CC(=O)O)CC2CCCCC2)N=N1. The lowest BCUT2D eigenvalue weighted by atomic mass is 9.84. The standard InChI is InChI=1S/C18H27N3O3/c1-2-3-10-18(20-21-18)11-9-16(22)19-15(13-17(23)24)12-14-7-5-4-6-8-14/h1,14-15H,3-13H2,(H,19,22)(H,23,24)/t15-/m0/s1. The lowest BCUT2D eigenvalue weighted by molar-refractivity contribution is -0.137. The molecule has 132 valence electrons. The van der Waals surface area contributed by atoms with Gasteiger partial charge in [0.2, 0.25) is 5.91 Å². The number of nitrogens with one attached hydrogen (secondary N) is 1. The van der Waals surface area contributed by atoms with Gasteiger partial charge in [-0.2, -0.15) is 10.2 Å². The van der Waals surface area contributed by atoms with E-state index in [1.807, 2.05) is 0 Å². The Bertz CT molecular complexity index is 512. The first-order chi connectivity index (χ1) is 11.5. The van der Waals surface area contributed by atoms with Crippen LogP contribution in [-0.4, -0.2) is 28.7 Å². The van der Waals surface area contributed by atoms with Gasteiger partial charge in [-0.05, 0) is 12.3 Å². The summed E-state index contributed by atoms with van der Waals surface area (Å²) in [6, 6.07) is -0.284. The van der Waals surface area contributed by atoms with Crippen molar-refractivity contribution < 1.29 is 14.7 Å². The van der Waals surface area contributed by atoms with Crippen molar-refractivity contribution in [3.8, 4) is 12.3 Å². The number of aliphatic carboxylic acids is 1. The van der Waals surface area contributed by atoms with Crippen LogP contribution in [0.1, 0.15) is 70.6 Å². The van der Waals surface area contributed by atoms with Gasteiger partial charge in [0.15, 0.2) is 5.66 Å². The van der Waals surface area contributed by atoms with Crippen molar-refractivity contribution in [2.45, 2.75) is 82.3 Å². The van der Waals surface area contributed by atoms with Crippen LogP contribution in [0.15, 0.2) is 10.2 Å². The normalized spacial score (nSPS) is 20.1. The second-order valence-corrected chi connectivity index (χ2v) is 6.99. The molecule has 1 saturated carbocycles. The largest absolute Gasteiger partial charge is 0.481 e. The van der Waals surface area contributed by atoms with Gasteiger partial charge >= 0.3 is 5.97 Å². The summed E-state index contributed by atoms with van der Waals surface area (Å²) in [6.45, 7) is 0. The molecule has 0 radical (unpaired) electrons. The van der Waals surface area contributed by atoms with E-state index in [0.29, 0.717) is 31.6 Å². The maximum Gasteiger partial charge on any atom is 0.305 e. The number of carbonyl (C=O) groups is 2. The maximum atomic E-state index is 12.2. The fourth-order valence-electron chi connectivity index (χ4n) is 3.51. The molecule has 0 spiro atoms. The van der Waals surface area contributed by atoms with E-state index < -0.39 is 11.6 Å². The molecule has 0 aromatic carbocycles. The maximum absolute atomic E-state index is 12.2. The lowest BCUT2D eigenvalue weighted by Crippen LogP contribution is -2.38. The molecule has 0 aromatic heterocycles. The van der Waals surface area contributed by atoms with Gasteiger partial charge in [-0.3, -0.25) is 9.59 Å². The minimum atomic E-state index is -0.867. The van der Waals surface area contributed by atoms with Crippen molar-refractivity contribution in [2.75, 3.05) is 0 Å². The van der Waals surface area contributed by atoms with Crippen molar-refractivity contribution in [1.29, 1.82) is 0 Å². The summed E-state index contributed by atoms with van der Waals surface area (Å²) in [5.41, 5.74) is -0.463. The number of hydrogen-bond donors (Lipinski definition) is 2. The zero-order valence-electron chi connectivity index (χ0n) is 14.2. The summed E-state index contributed by atoms with van der Waals surface area (Å²) < 4.78 is 0. The van der Waals surface area contributed by atoms with Crippen LogP contribution in [0.5, 0.6) is 0 Å². The average Bonchev–Trinajstić information content (AvgIpc) is 3.32. The molecular formula is C18H27N3O3. The van der Waals surface area contributed by atoms with Gasteiger partial charge in [-0.25, -0.2) is 0 Å². The molecule has 0 bridgehead atoms. The zero-order chi connectivity index (χ0) is 17.4. The van der Waals surface area contributed by atoms with Crippen LogP contribution in [0.4, 0.5) is 0 Å². The zero-order valence-corrected chi connectivity index (χ0v) is 14.2. The van der Waals surface area contributed by atoms with Crippen LogP contribution in [0, 0.1) is 18.3 Å². The first-order valence-corrected chi connectivity index (χ1v) is 8.92. The number of hydrogen-bond acceptors (Lipinski definition) is 4. The molecule has 1 fully saturated rings. The molecule has 0 aromatic rings. The van der Waals surface area contributed by atoms with Gasteiger partial charge < -0.3 is 10.4 Å². The first-order valence-electron chi connectivity index (χ1n) is 8.92. The molecular weight excluding hydrogens is 306 g/mol. The van der Waals surface area contributed by atoms with Crippen molar-refractivity contribution in [3.05, 3.63) is 0 Å². The number of carbonyl (C=O) groups excluding carboxylic acids is 1. The molecule has 6 nitrogen and oxygen atoms in total. The molecule has 2 aliphatic rings. The van der Waals surface area contributed by atoms with Gasteiger partial charge in [0, 0.05) is 31.7 Å². The van der Waals surface area contributed by atoms with Gasteiger partial charge in [0.1, 0.15) is 0 Å². The van der Waals surface area contributed by atoms with Crippen LogP contribution < -0.4 is 5.32 Å². The molecule has 0 saturated heterocycles. The summed E-state index contributed by atoms with van der Waals surface area (Å²) in [7, 11) is 0. The van der Waals surface area contributed by atoms with Crippen LogP contribution in [0.3, 0.4) is 0 Å². The Balaban J connectivity index is 1.76. The molecule has 24 heavy (non-hydrogen) atoms. The van der Waals surface area contributed by atoms with E-state index in [2.05, 4.69) is 21.5 Å². The number of amides is 1. The van der Waals surface area contributed by atoms with E-state index in [9.17, 15) is 9.59 Å². The van der Waals surface area contributed by atoms with Gasteiger partial charge in [0.05, 0.1) is 6.42 Å². The number of nitrogens with zero attached hydrogens (tertiary/aromatic N) is 2. The third-order valence-corrected chi connectivity index (χ3v) is 4.93. The highest BCUT2D eigenvalue weighted by Gasteiger charge is 2.39. The van der Waals surface area contributed by atoms with E-state index in [0.717, 1.165) is 19.3 Å². The fraction of sp³-hybridized carbons (Fsp3) is 0.778. The Labute approximate surface area is 143 Å². The Morgan fingerprint density at radius 1 is 1.25 bits per heavy atom. The lowest BCUT2D eigenvalue weighted by Gasteiger charge is -2.26. The van der Waals surface area contributed by atoms with Crippen molar-refractivity contribution >= 4 is 11.9 Å². The molecule has 2 rings (SSSR count). The summed E-state index contributed by atoms with van der Waals surface area (Å²) in [6.07, 6.45) is 14.1. The van der Waals surface area contributed by atoms with E-state index in [4.69, 9.17) is 11.5 Å². The van der Waals surface area contributed by atoms with Crippen molar-refractivity contribution in [1.82, 2.24) is 5.32 Å². The smallest absolute Gasteiger partial charge is 0.305 e. The summed E-state index contributed by atoms with van der Waals surface area (Å²) in [5.74, 6) is 2.11. The van der Waals surface area contributed by atoms with Crippen LogP contribution >= 0.6 is 0 Å². The summed E-state index contributed by atoms with van der Waals surface area (Å²) >= 11 is 0. The van der Waals surface area contributed by atoms with Gasteiger partial charge in [-0.1, -0.05) is 32.1 Å². The second-order valence-electron chi connectivity index (χ2n) is 6.99.